The number of hydrogen-bond acceptors (Lipinski definition) is 6. The average molecular weight is 339 g/mol. The van der Waals surface area contributed by atoms with Gasteiger partial charge in [0.2, 0.25) is 0 Å². The average Bonchev–Trinajstić information content (AvgIpc) is 2.44. The molecule has 0 aliphatic carbocycles. The summed E-state index contributed by atoms with van der Waals surface area (Å²) in [4.78, 5) is 21.7. The molecule has 0 aliphatic rings. The summed E-state index contributed by atoms with van der Waals surface area (Å²) in [5.41, 5.74) is -0.115. The fourth-order valence-corrected chi connectivity index (χ4v) is 2.36. The number of nitro groups is 2. The van der Waals surface area contributed by atoms with Crippen molar-refractivity contribution in [3.05, 3.63) is 43.5 Å². The highest BCUT2D eigenvalue weighted by molar-refractivity contribution is 5.57. The molecule has 2 N–H and O–H groups in total. The van der Waals surface area contributed by atoms with Crippen LogP contribution < -0.4 is 5.32 Å². The molecule has 0 radical (unpaired) electrons. The number of nitrogens with zero attached hydrogens (tertiary/aromatic N) is 2. The van der Waals surface area contributed by atoms with E-state index < -0.39 is 21.4 Å². The van der Waals surface area contributed by atoms with E-state index in [-0.39, 0.29) is 23.4 Å². The normalized spacial score (nSPS) is 12.9. The lowest BCUT2D eigenvalue weighted by molar-refractivity contribution is -0.395. The first-order chi connectivity index (χ1) is 11.0. The molecule has 0 heterocycles. The van der Waals surface area contributed by atoms with Gasteiger partial charge in [-0.15, -0.1) is 0 Å². The van der Waals surface area contributed by atoms with Crippen molar-refractivity contribution in [2.45, 2.75) is 52.1 Å². The van der Waals surface area contributed by atoms with Crippen LogP contribution in [0.25, 0.3) is 0 Å². The Morgan fingerprint density at radius 3 is 2.04 bits per heavy atom. The predicted molar refractivity (Wildman–Crippen MR) is 91.3 cm³/mol. The first-order valence-corrected chi connectivity index (χ1v) is 7.89. The number of aliphatic hydroxyl groups excluding tert-OH is 1. The van der Waals surface area contributed by atoms with Crippen molar-refractivity contribution in [3.8, 4) is 0 Å². The standard InChI is InChI=1S/C16H25N3O5/c1-11(20)10-17-7-5-6-13-14(18(21)22)8-12(16(2,3)4)9-15(13)19(23)24/h8-9,11,17,20H,5-7,10H2,1-4H3. The summed E-state index contributed by atoms with van der Waals surface area (Å²) in [6.45, 7) is 8.14. The molecule has 24 heavy (non-hydrogen) atoms. The Labute approximate surface area is 141 Å². The van der Waals surface area contributed by atoms with Crippen molar-refractivity contribution in [3.63, 3.8) is 0 Å². The van der Waals surface area contributed by atoms with Crippen LogP contribution in [0.2, 0.25) is 0 Å². The SMILES string of the molecule is CC(O)CNCCCc1c([N+](=O)[O-])cc(C(C)(C)C)cc1[N+](=O)[O-]. The maximum Gasteiger partial charge on any atom is 0.279 e. The molecular weight excluding hydrogens is 314 g/mol. The van der Waals surface area contributed by atoms with Gasteiger partial charge in [-0.05, 0) is 37.3 Å². The van der Waals surface area contributed by atoms with E-state index in [4.69, 9.17) is 5.11 Å². The molecule has 134 valence electrons. The molecule has 1 aromatic rings. The fourth-order valence-electron chi connectivity index (χ4n) is 2.36. The summed E-state index contributed by atoms with van der Waals surface area (Å²) in [6.07, 6.45) is 0.243. The van der Waals surface area contributed by atoms with E-state index in [2.05, 4.69) is 5.32 Å². The van der Waals surface area contributed by atoms with Crippen molar-refractivity contribution < 1.29 is 15.0 Å². The van der Waals surface area contributed by atoms with Gasteiger partial charge in [-0.2, -0.15) is 0 Å². The topological polar surface area (TPSA) is 119 Å². The van der Waals surface area contributed by atoms with Crippen LogP contribution in [-0.2, 0) is 11.8 Å². The zero-order valence-corrected chi connectivity index (χ0v) is 14.5. The van der Waals surface area contributed by atoms with Crippen LogP contribution in [0.1, 0.15) is 45.2 Å². The third-order valence-electron chi connectivity index (χ3n) is 3.68. The number of benzene rings is 1. The smallest absolute Gasteiger partial charge is 0.279 e. The molecule has 0 saturated carbocycles. The monoisotopic (exact) mass is 339 g/mol. The molecule has 0 fully saturated rings. The van der Waals surface area contributed by atoms with Crippen molar-refractivity contribution in [1.29, 1.82) is 0 Å². The van der Waals surface area contributed by atoms with Gasteiger partial charge >= 0.3 is 0 Å². The first-order valence-electron chi connectivity index (χ1n) is 7.89. The van der Waals surface area contributed by atoms with E-state index in [1.54, 1.807) is 6.92 Å². The van der Waals surface area contributed by atoms with Crippen molar-refractivity contribution in [2.24, 2.45) is 0 Å². The van der Waals surface area contributed by atoms with Crippen molar-refractivity contribution >= 4 is 11.4 Å². The highest BCUT2D eigenvalue weighted by Gasteiger charge is 2.29. The van der Waals surface area contributed by atoms with E-state index in [1.165, 1.54) is 12.1 Å². The molecule has 8 heteroatoms. The molecular formula is C16H25N3O5. The van der Waals surface area contributed by atoms with Gasteiger partial charge in [0.1, 0.15) is 5.56 Å². The maximum atomic E-state index is 11.4. The molecule has 0 aromatic heterocycles. The predicted octanol–water partition coefficient (Wildman–Crippen LogP) is 2.70. The Hall–Kier alpha value is -2.06. The number of rotatable bonds is 8. The zero-order valence-electron chi connectivity index (χ0n) is 14.5. The highest BCUT2D eigenvalue weighted by atomic mass is 16.6. The van der Waals surface area contributed by atoms with Gasteiger partial charge in [0, 0.05) is 18.7 Å². The highest BCUT2D eigenvalue weighted by Crippen LogP contribution is 2.35. The lowest BCUT2D eigenvalue weighted by Crippen LogP contribution is -2.25. The maximum absolute atomic E-state index is 11.4. The van der Waals surface area contributed by atoms with Gasteiger partial charge in [0.05, 0.1) is 16.0 Å². The van der Waals surface area contributed by atoms with Crippen LogP contribution in [0.5, 0.6) is 0 Å². The minimum absolute atomic E-state index is 0.150. The van der Waals surface area contributed by atoms with Gasteiger partial charge in [0.15, 0.2) is 0 Å². The lowest BCUT2D eigenvalue weighted by atomic mass is 9.85. The van der Waals surface area contributed by atoms with Gasteiger partial charge < -0.3 is 10.4 Å². The van der Waals surface area contributed by atoms with Crippen LogP contribution in [0.15, 0.2) is 12.1 Å². The summed E-state index contributed by atoms with van der Waals surface area (Å²) in [6, 6.07) is 2.87. The molecule has 0 saturated heterocycles. The van der Waals surface area contributed by atoms with Gasteiger partial charge in [-0.25, -0.2) is 0 Å². The van der Waals surface area contributed by atoms with Crippen LogP contribution in [0, 0.1) is 20.2 Å². The van der Waals surface area contributed by atoms with Crippen LogP contribution in [0.3, 0.4) is 0 Å². The van der Waals surface area contributed by atoms with Crippen LogP contribution in [-0.4, -0.2) is 34.1 Å². The summed E-state index contributed by atoms with van der Waals surface area (Å²) >= 11 is 0. The van der Waals surface area contributed by atoms with Crippen LogP contribution >= 0.6 is 0 Å². The zero-order chi connectivity index (χ0) is 18.5. The first kappa shape index (κ1) is 20.0. The molecule has 8 nitrogen and oxygen atoms in total. The van der Waals surface area contributed by atoms with Gasteiger partial charge in [-0.1, -0.05) is 20.8 Å². The lowest BCUT2D eigenvalue weighted by Gasteiger charge is -2.19. The van der Waals surface area contributed by atoms with Gasteiger partial charge in [0.25, 0.3) is 11.4 Å². The Bertz CT molecular complexity index is 573. The van der Waals surface area contributed by atoms with Gasteiger partial charge in [-0.3, -0.25) is 20.2 Å². The van der Waals surface area contributed by atoms with Crippen molar-refractivity contribution in [2.75, 3.05) is 13.1 Å². The summed E-state index contributed by atoms with van der Waals surface area (Å²) in [7, 11) is 0. The van der Waals surface area contributed by atoms with E-state index in [0.717, 1.165) is 0 Å². The number of nitrogens with one attached hydrogen (secondary N) is 1. The Balaban J connectivity index is 3.12. The largest absolute Gasteiger partial charge is 0.392 e. The Morgan fingerprint density at radius 2 is 1.67 bits per heavy atom. The fraction of sp³-hybridized carbons (Fsp3) is 0.625. The van der Waals surface area contributed by atoms with E-state index in [1.807, 2.05) is 20.8 Å². The molecule has 1 rings (SSSR count). The molecule has 1 unspecified atom stereocenters. The van der Waals surface area contributed by atoms with Crippen LogP contribution in [0.4, 0.5) is 11.4 Å². The van der Waals surface area contributed by atoms with E-state index in [9.17, 15) is 20.2 Å². The minimum atomic E-state index is -0.555. The number of aliphatic hydroxyl groups is 1. The second-order valence-electron chi connectivity index (χ2n) is 6.91. The molecule has 1 aromatic carbocycles. The third kappa shape index (κ3) is 5.54. The summed E-state index contributed by atoms with van der Waals surface area (Å²) in [5, 5.41) is 34.9. The molecule has 0 amide bonds. The third-order valence-corrected chi connectivity index (χ3v) is 3.68. The second-order valence-corrected chi connectivity index (χ2v) is 6.91. The number of nitro benzene ring substituents is 2. The molecule has 0 spiro atoms. The summed E-state index contributed by atoms with van der Waals surface area (Å²) < 4.78 is 0. The summed E-state index contributed by atoms with van der Waals surface area (Å²) in [5.74, 6) is 0. The van der Waals surface area contributed by atoms with Crippen molar-refractivity contribution in [1.82, 2.24) is 5.32 Å². The number of hydrogen-bond donors (Lipinski definition) is 2. The second kappa shape index (κ2) is 8.16. The van der Waals surface area contributed by atoms with E-state index in [0.29, 0.717) is 25.1 Å². The Kier molecular flexibility index (Phi) is 6.80. The molecule has 1 atom stereocenters. The Morgan fingerprint density at radius 1 is 1.17 bits per heavy atom. The minimum Gasteiger partial charge on any atom is -0.392 e. The quantitative estimate of drug-likeness (QED) is 0.427. The molecule has 0 bridgehead atoms. The van der Waals surface area contributed by atoms with E-state index >= 15 is 0 Å². The molecule has 0 aliphatic heterocycles.